The zero-order chi connectivity index (χ0) is 13.4. The minimum Gasteiger partial charge on any atom is -0.355 e. The van der Waals surface area contributed by atoms with E-state index in [0.717, 1.165) is 5.56 Å². The summed E-state index contributed by atoms with van der Waals surface area (Å²) in [4.78, 5) is 22.7. The zero-order valence-corrected chi connectivity index (χ0v) is 10.5. The summed E-state index contributed by atoms with van der Waals surface area (Å²) in [5.74, 6) is -0.121. The Morgan fingerprint density at radius 3 is 2.44 bits per heavy atom. The highest BCUT2D eigenvalue weighted by Gasteiger charge is 2.03. The van der Waals surface area contributed by atoms with Gasteiger partial charge in [0.05, 0.1) is 0 Å². The lowest BCUT2D eigenvalue weighted by Crippen LogP contribution is -2.23. The average Bonchev–Trinajstić information content (AvgIpc) is 2.42. The fourth-order valence-corrected chi connectivity index (χ4v) is 1.47. The third-order valence-electron chi connectivity index (χ3n) is 2.54. The molecule has 0 atom stereocenters. The van der Waals surface area contributed by atoms with Gasteiger partial charge >= 0.3 is 0 Å². The maximum absolute atomic E-state index is 11.4. The molecule has 2 amide bonds. The highest BCUT2D eigenvalue weighted by atomic mass is 16.2. The van der Waals surface area contributed by atoms with Crippen LogP contribution in [0, 0.1) is 0 Å². The Hall–Kier alpha value is -1.88. The Kier molecular flexibility index (Phi) is 5.87. The summed E-state index contributed by atoms with van der Waals surface area (Å²) in [7, 11) is 1.59. The van der Waals surface area contributed by atoms with Gasteiger partial charge < -0.3 is 16.4 Å². The maximum atomic E-state index is 11.4. The lowest BCUT2D eigenvalue weighted by molar-refractivity contribution is -0.121. The fraction of sp³-hybridized carbons (Fsp3) is 0.385. The molecule has 1 rings (SSSR count). The standard InChI is InChI=1S/C13H19N3O2/c1-15-13(18)11-6-4-10(5-7-11)9-16-12(17)3-2-8-14/h4-7H,2-3,8-9,14H2,1H3,(H,15,18)(H,16,17). The normalized spacial score (nSPS) is 9.89. The largest absolute Gasteiger partial charge is 0.355 e. The van der Waals surface area contributed by atoms with Crippen LogP contribution >= 0.6 is 0 Å². The predicted octanol–water partition coefficient (Wildman–Crippen LogP) is 0.401. The van der Waals surface area contributed by atoms with Crippen molar-refractivity contribution in [3.8, 4) is 0 Å². The first-order valence-electron chi connectivity index (χ1n) is 5.95. The quantitative estimate of drug-likeness (QED) is 0.682. The minimum atomic E-state index is -0.117. The first-order valence-corrected chi connectivity index (χ1v) is 5.95. The van der Waals surface area contributed by atoms with Crippen molar-refractivity contribution in [2.75, 3.05) is 13.6 Å². The second kappa shape index (κ2) is 7.45. The van der Waals surface area contributed by atoms with Gasteiger partial charge in [-0.2, -0.15) is 0 Å². The van der Waals surface area contributed by atoms with Crippen LogP contribution in [-0.2, 0) is 11.3 Å². The first kappa shape index (κ1) is 14.2. The van der Waals surface area contributed by atoms with E-state index in [4.69, 9.17) is 5.73 Å². The Morgan fingerprint density at radius 1 is 1.22 bits per heavy atom. The van der Waals surface area contributed by atoms with E-state index < -0.39 is 0 Å². The van der Waals surface area contributed by atoms with E-state index in [1.54, 1.807) is 19.2 Å². The lowest BCUT2D eigenvalue weighted by Gasteiger charge is -2.06. The lowest BCUT2D eigenvalue weighted by atomic mass is 10.1. The van der Waals surface area contributed by atoms with Gasteiger partial charge in [0.15, 0.2) is 0 Å². The van der Waals surface area contributed by atoms with Crippen molar-refractivity contribution in [2.45, 2.75) is 19.4 Å². The van der Waals surface area contributed by atoms with E-state index in [2.05, 4.69) is 10.6 Å². The Bertz CT molecular complexity index is 401. The van der Waals surface area contributed by atoms with Crippen molar-refractivity contribution in [2.24, 2.45) is 5.73 Å². The van der Waals surface area contributed by atoms with Gasteiger partial charge in [-0.05, 0) is 30.7 Å². The van der Waals surface area contributed by atoms with Crippen molar-refractivity contribution in [3.63, 3.8) is 0 Å². The molecule has 0 saturated heterocycles. The van der Waals surface area contributed by atoms with Crippen LogP contribution in [0.1, 0.15) is 28.8 Å². The SMILES string of the molecule is CNC(=O)c1ccc(CNC(=O)CCCN)cc1. The summed E-state index contributed by atoms with van der Waals surface area (Å²) in [5.41, 5.74) is 6.89. The molecule has 0 radical (unpaired) electrons. The predicted molar refractivity (Wildman–Crippen MR) is 70.0 cm³/mol. The van der Waals surface area contributed by atoms with Crippen molar-refractivity contribution in [1.29, 1.82) is 0 Å². The van der Waals surface area contributed by atoms with Crippen molar-refractivity contribution in [1.82, 2.24) is 10.6 Å². The van der Waals surface area contributed by atoms with E-state index in [9.17, 15) is 9.59 Å². The van der Waals surface area contributed by atoms with Gasteiger partial charge in [-0.25, -0.2) is 0 Å². The topological polar surface area (TPSA) is 84.2 Å². The number of nitrogens with two attached hydrogens (primary N) is 1. The number of carbonyl (C=O) groups excluding carboxylic acids is 2. The highest BCUT2D eigenvalue weighted by Crippen LogP contribution is 2.04. The van der Waals surface area contributed by atoms with Crippen LogP contribution in [0.5, 0.6) is 0 Å². The number of amides is 2. The molecule has 0 saturated carbocycles. The summed E-state index contributed by atoms with van der Waals surface area (Å²) >= 11 is 0. The Balaban J connectivity index is 2.44. The second-order valence-electron chi connectivity index (χ2n) is 3.95. The summed E-state index contributed by atoms with van der Waals surface area (Å²) in [6.07, 6.45) is 1.15. The van der Waals surface area contributed by atoms with Crippen molar-refractivity contribution < 1.29 is 9.59 Å². The molecule has 0 heterocycles. The van der Waals surface area contributed by atoms with Gasteiger partial charge in [0, 0.05) is 25.6 Å². The van der Waals surface area contributed by atoms with E-state index in [-0.39, 0.29) is 11.8 Å². The molecule has 0 bridgehead atoms. The van der Waals surface area contributed by atoms with Crippen LogP contribution in [0.3, 0.4) is 0 Å². The monoisotopic (exact) mass is 249 g/mol. The van der Waals surface area contributed by atoms with Gasteiger partial charge in [-0.15, -0.1) is 0 Å². The van der Waals surface area contributed by atoms with Crippen LogP contribution in [0.15, 0.2) is 24.3 Å². The van der Waals surface area contributed by atoms with Crippen LogP contribution in [0.25, 0.3) is 0 Å². The molecular formula is C13H19N3O2. The molecule has 0 spiro atoms. The number of rotatable bonds is 6. The maximum Gasteiger partial charge on any atom is 0.251 e. The summed E-state index contributed by atoms with van der Waals surface area (Å²) in [6, 6.07) is 7.13. The van der Waals surface area contributed by atoms with Gasteiger partial charge in [0.25, 0.3) is 5.91 Å². The molecule has 18 heavy (non-hydrogen) atoms. The van der Waals surface area contributed by atoms with E-state index in [1.807, 2.05) is 12.1 Å². The molecule has 0 aliphatic heterocycles. The second-order valence-corrected chi connectivity index (χ2v) is 3.95. The molecular weight excluding hydrogens is 230 g/mol. The van der Waals surface area contributed by atoms with Crippen LogP contribution in [0.2, 0.25) is 0 Å². The number of hydrogen-bond donors (Lipinski definition) is 3. The Labute approximate surface area is 107 Å². The summed E-state index contributed by atoms with van der Waals surface area (Å²) in [6.45, 7) is 0.992. The highest BCUT2D eigenvalue weighted by molar-refractivity contribution is 5.93. The molecule has 98 valence electrons. The number of hydrogen-bond acceptors (Lipinski definition) is 3. The van der Waals surface area contributed by atoms with Gasteiger partial charge in [-0.1, -0.05) is 12.1 Å². The van der Waals surface area contributed by atoms with Crippen LogP contribution in [0.4, 0.5) is 0 Å². The molecule has 5 nitrogen and oxygen atoms in total. The van der Waals surface area contributed by atoms with E-state index in [0.29, 0.717) is 31.5 Å². The molecule has 4 N–H and O–H groups in total. The molecule has 5 heteroatoms. The molecule has 0 unspecified atom stereocenters. The van der Waals surface area contributed by atoms with Crippen LogP contribution < -0.4 is 16.4 Å². The molecule has 0 aliphatic rings. The zero-order valence-electron chi connectivity index (χ0n) is 10.5. The van der Waals surface area contributed by atoms with Crippen molar-refractivity contribution in [3.05, 3.63) is 35.4 Å². The molecule has 0 aliphatic carbocycles. The molecule has 0 aromatic heterocycles. The summed E-state index contributed by atoms with van der Waals surface area (Å²) in [5, 5.41) is 5.35. The van der Waals surface area contributed by atoms with Crippen LogP contribution in [-0.4, -0.2) is 25.4 Å². The minimum absolute atomic E-state index is 0.00386. The van der Waals surface area contributed by atoms with Crippen molar-refractivity contribution >= 4 is 11.8 Å². The third-order valence-corrected chi connectivity index (χ3v) is 2.54. The number of benzene rings is 1. The fourth-order valence-electron chi connectivity index (χ4n) is 1.47. The smallest absolute Gasteiger partial charge is 0.251 e. The third kappa shape index (κ3) is 4.55. The number of carbonyl (C=O) groups is 2. The first-order chi connectivity index (χ1) is 8.67. The van der Waals surface area contributed by atoms with Gasteiger partial charge in [0.2, 0.25) is 5.91 Å². The summed E-state index contributed by atoms with van der Waals surface area (Å²) < 4.78 is 0. The number of nitrogens with one attached hydrogen (secondary N) is 2. The van der Waals surface area contributed by atoms with Gasteiger partial charge in [-0.3, -0.25) is 9.59 Å². The molecule has 0 fully saturated rings. The van der Waals surface area contributed by atoms with Gasteiger partial charge in [0.1, 0.15) is 0 Å². The Morgan fingerprint density at radius 2 is 1.89 bits per heavy atom. The molecule has 1 aromatic rings. The molecule has 1 aromatic carbocycles. The average molecular weight is 249 g/mol. The van der Waals surface area contributed by atoms with E-state index >= 15 is 0 Å². The van der Waals surface area contributed by atoms with E-state index in [1.165, 1.54) is 0 Å².